The third-order valence-electron chi connectivity index (χ3n) is 1.63. The summed E-state index contributed by atoms with van der Waals surface area (Å²) in [6.07, 6.45) is 7.25. The molecular formula is C10H10N2O2. The van der Waals surface area contributed by atoms with E-state index in [2.05, 4.69) is 4.98 Å². The summed E-state index contributed by atoms with van der Waals surface area (Å²) in [5.41, 5.74) is 6.18. The van der Waals surface area contributed by atoms with Crippen molar-refractivity contribution in [1.29, 1.82) is 0 Å². The Morgan fingerprint density at radius 2 is 2.29 bits per heavy atom. The lowest BCUT2D eigenvalue weighted by Gasteiger charge is -1.95. The number of aromatic nitrogens is 1. The van der Waals surface area contributed by atoms with Crippen LogP contribution >= 0.6 is 0 Å². The Balaban J connectivity index is 2.80. The molecule has 1 aromatic rings. The predicted molar refractivity (Wildman–Crippen MR) is 52.5 cm³/mol. The molecule has 0 bridgehead atoms. The molecule has 0 aliphatic carbocycles. The summed E-state index contributed by atoms with van der Waals surface area (Å²) in [4.78, 5) is 24.9. The molecule has 1 aromatic heterocycles. The highest BCUT2D eigenvalue weighted by Crippen LogP contribution is 2.06. The number of aldehydes is 1. The van der Waals surface area contributed by atoms with E-state index in [4.69, 9.17) is 5.73 Å². The van der Waals surface area contributed by atoms with E-state index in [9.17, 15) is 9.59 Å². The number of carbonyl (C=O) groups is 2. The summed E-state index contributed by atoms with van der Waals surface area (Å²) < 4.78 is 0. The van der Waals surface area contributed by atoms with Crippen LogP contribution in [-0.4, -0.2) is 17.2 Å². The van der Waals surface area contributed by atoms with Gasteiger partial charge in [0, 0.05) is 29.9 Å². The van der Waals surface area contributed by atoms with E-state index in [1.807, 2.05) is 0 Å². The lowest BCUT2D eigenvalue weighted by molar-refractivity contribution is -0.117. The van der Waals surface area contributed by atoms with Gasteiger partial charge in [-0.15, -0.1) is 0 Å². The van der Waals surface area contributed by atoms with E-state index in [-0.39, 0.29) is 6.42 Å². The first-order valence-electron chi connectivity index (χ1n) is 4.08. The van der Waals surface area contributed by atoms with Gasteiger partial charge in [0.2, 0.25) is 5.91 Å². The highest BCUT2D eigenvalue weighted by molar-refractivity contribution is 5.82. The molecule has 0 aliphatic heterocycles. The van der Waals surface area contributed by atoms with E-state index in [1.54, 1.807) is 24.4 Å². The zero-order chi connectivity index (χ0) is 10.4. The SMILES string of the molecule is NC(=O)CC=Cc1cnccc1C=O. The van der Waals surface area contributed by atoms with Crippen LogP contribution in [0.5, 0.6) is 0 Å². The van der Waals surface area contributed by atoms with Crippen molar-refractivity contribution in [3.8, 4) is 0 Å². The van der Waals surface area contributed by atoms with Gasteiger partial charge in [-0.05, 0) is 6.07 Å². The number of nitrogens with zero attached hydrogens (tertiary/aromatic N) is 1. The molecule has 4 heteroatoms. The zero-order valence-electron chi connectivity index (χ0n) is 7.51. The molecule has 1 amide bonds. The summed E-state index contributed by atoms with van der Waals surface area (Å²) in [6, 6.07) is 1.61. The molecule has 0 unspecified atom stereocenters. The van der Waals surface area contributed by atoms with Crippen LogP contribution in [0.3, 0.4) is 0 Å². The lowest BCUT2D eigenvalue weighted by atomic mass is 10.1. The fourth-order valence-corrected chi connectivity index (χ4v) is 0.966. The Morgan fingerprint density at radius 3 is 2.93 bits per heavy atom. The number of nitrogens with two attached hydrogens (primary N) is 1. The fraction of sp³-hybridized carbons (Fsp3) is 0.100. The molecule has 72 valence electrons. The Kier molecular flexibility index (Phi) is 3.55. The molecule has 0 saturated heterocycles. The molecule has 4 nitrogen and oxygen atoms in total. The topological polar surface area (TPSA) is 73.1 Å². The van der Waals surface area contributed by atoms with Crippen LogP contribution in [0, 0.1) is 0 Å². The van der Waals surface area contributed by atoms with Crippen molar-refractivity contribution in [2.75, 3.05) is 0 Å². The molecule has 2 N–H and O–H groups in total. The van der Waals surface area contributed by atoms with Crippen LogP contribution in [0.4, 0.5) is 0 Å². The second-order valence-corrected chi connectivity index (χ2v) is 2.70. The summed E-state index contributed by atoms with van der Waals surface area (Å²) in [7, 11) is 0. The maximum atomic E-state index is 10.6. The van der Waals surface area contributed by atoms with Gasteiger partial charge in [0.25, 0.3) is 0 Å². The second-order valence-electron chi connectivity index (χ2n) is 2.70. The van der Waals surface area contributed by atoms with Crippen molar-refractivity contribution in [3.05, 3.63) is 35.7 Å². The molecule has 1 heterocycles. The summed E-state index contributed by atoms with van der Waals surface area (Å²) in [6.45, 7) is 0. The number of rotatable bonds is 4. The van der Waals surface area contributed by atoms with Crippen LogP contribution in [0.2, 0.25) is 0 Å². The van der Waals surface area contributed by atoms with Gasteiger partial charge in [-0.25, -0.2) is 0 Å². The number of hydrogen-bond acceptors (Lipinski definition) is 3. The molecule has 0 radical (unpaired) electrons. The Hall–Kier alpha value is -1.97. The van der Waals surface area contributed by atoms with Gasteiger partial charge in [-0.3, -0.25) is 14.6 Å². The van der Waals surface area contributed by atoms with Crippen LogP contribution < -0.4 is 5.73 Å². The van der Waals surface area contributed by atoms with Crippen LogP contribution in [0.15, 0.2) is 24.5 Å². The zero-order valence-corrected chi connectivity index (χ0v) is 7.51. The van der Waals surface area contributed by atoms with Gasteiger partial charge >= 0.3 is 0 Å². The number of amides is 1. The average molecular weight is 190 g/mol. The molecule has 0 spiro atoms. The minimum absolute atomic E-state index is 0.160. The third-order valence-corrected chi connectivity index (χ3v) is 1.63. The van der Waals surface area contributed by atoms with Gasteiger partial charge in [-0.2, -0.15) is 0 Å². The largest absolute Gasteiger partial charge is 0.369 e. The normalized spacial score (nSPS) is 10.3. The number of hydrogen-bond donors (Lipinski definition) is 1. The minimum Gasteiger partial charge on any atom is -0.369 e. The van der Waals surface area contributed by atoms with E-state index in [1.165, 1.54) is 6.20 Å². The Labute approximate surface area is 81.4 Å². The first kappa shape index (κ1) is 10.1. The first-order valence-corrected chi connectivity index (χ1v) is 4.08. The minimum atomic E-state index is -0.405. The number of primary amides is 1. The van der Waals surface area contributed by atoms with Crippen LogP contribution in [0.25, 0.3) is 6.08 Å². The number of carbonyl (C=O) groups excluding carboxylic acids is 2. The van der Waals surface area contributed by atoms with Crippen molar-refractivity contribution >= 4 is 18.3 Å². The quantitative estimate of drug-likeness (QED) is 0.713. The molecule has 0 saturated carbocycles. The Morgan fingerprint density at radius 1 is 1.50 bits per heavy atom. The lowest BCUT2D eigenvalue weighted by Crippen LogP contribution is -2.07. The summed E-state index contributed by atoms with van der Waals surface area (Å²) in [5, 5.41) is 0. The Bertz CT molecular complexity index is 372. The maximum absolute atomic E-state index is 10.6. The van der Waals surface area contributed by atoms with E-state index >= 15 is 0 Å². The summed E-state index contributed by atoms with van der Waals surface area (Å²) >= 11 is 0. The van der Waals surface area contributed by atoms with Gasteiger partial charge in [-0.1, -0.05) is 12.2 Å². The van der Waals surface area contributed by atoms with Crippen molar-refractivity contribution in [1.82, 2.24) is 4.98 Å². The average Bonchev–Trinajstić information content (AvgIpc) is 2.18. The van der Waals surface area contributed by atoms with E-state index in [0.717, 1.165) is 6.29 Å². The monoisotopic (exact) mass is 190 g/mol. The summed E-state index contributed by atoms with van der Waals surface area (Å²) in [5.74, 6) is -0.405. The first-order chi connectivity index (χ1) is 6.74. The van der Waals surface area contributed by atoms with Crippen molar-refractivity contribution < 1.29 is 9.59 Å². The molecule has 1 rings (SSSR count). The van der Waals surface area contributed by atoms with Gasteiger partial charge < -0.3 is 5.73 Å². The van der Waals surface area contributed by atoms with Crippen molar-refractivity contribution in [2.24, 2.45) is 5.73 Å². The maximum Gasteiger partial charge on any atom is 0.221 e. The smallest absolute Gasteiger partial charge is 0.221 e. The van der Waals surface area contributed by atoms with E-state index in [0.29, 0.717) is 11.1 Å². The third kappa shape index (κ3) is 2.82. The van der Waals surface area contributed by atoms with Gasteiger partial charge in [0.1, 0.15) is 0 Å². The van der Waals surface area contributed by atoms with Crippen molar-refractivity contribution in [3.63, 3.8) is 0 Å². The molecule has 0 aliphatic rings. The molecular weight excluding hydrogens is 180 g/mol. The highest BCUT2D eigenvalue weighted by Gasteiger charge is 1.96. The standard InChI is InChI=1S/C10H10N2O2/c11-10(14)3-1-2-8-6-12-5-4-9(8)7-13/h1-2,4-7H,3H2,(H2,11,14). The van der Waals surface area contributed by atoms with E-state index < -0.39 is 5.91 Å². The second kappa shape index (κ2) is 4.91. The number of pyridine rings is 1. The highest BCUT2D eigenvalue weighted by atomic mass is 16.1. The molecule has 0 aromatic carbocycles. The van der Waals surface area contributed by atoms with Crippen molar-refractivity contribution in [2.45, 2.75) is 6.42 Å². The predicted octanol–water partition coefficient (Wildman–Crippen LogP) is 0.783. The molecule has 0 atom stereocenters. The fourth-order valence-electron chi connectivity index (χ4n) is 0.966. The van der Waals surface area contributed by atoms with Crippen LogP contribution in [-0.2, 0) is 4.79 Å². The van der Waals surface area contributed by atoms with Crippen LogP contribution in [0.1, 0.15) is 22.3 Å². The molecule has 0 fully saturated rings. The van der Waals surface area contributed by atoms with Gasteiger partial charge in [0.05, 0.1) is 0 Å². The molecule has 14 heavy (non-hydrogen) atoms. The van der Waals surface area contributed by atoms with Gasteiger partial charge in [0.15, 0.2) is 6.29 Å².